The summed E-state index contributed by atoms with van der Waals surface area (Å²) in [6.07, 6.45) is 1.99. The van der Waals surface area contributed by atoms with Crippen molar-refractivity contribution >= 4 is 16.7 Å². The predicted molar refractivity (Wildman–Crippen MR) is 78.3 cm³/mol. The minimum Gasteiger partial charge on any atom is -0.399 e. The van der Waals surface area contributed by atoms with Crippen LogP contribution in [0.2, 0.25) is 0 Å². The Labute approximate surface area is 118 Å². The summed E-state index contributed by atoms with van der Waals surface area (Å²) >= 11 is 0. The van der Waals surface area contributed by atoms with Crippen LogP contribution < -0.4 is 5.73 Å². The minimum absolute atomic E-state index is 0.605. The van der Waals surface area contributed by atoms with Crippen molar-refractivity contribution in [2.24, 2.45) is 5.92 Å². The van der Waals surface area contributed by atoms with Crippen molar-refractivity contribution in [2.75, 3.05) is 18.9 Å². The predicted octanol–water partition coefficient (Wildman–Crippen LogP) is 2.10. The molecule has 1 saturated carbocycles. The van der Waals surface area contributed by atoms with Crippen LogP contribution in [0.5, 0.6) is 0 Å². The third-order valence-electron chi connectivity index (χ3n) is 3.69. The molecule has 0 spiro atoms. The van der Waals surface area contributed by atoms with Gasteiger partial charge in [0.15, 0.2) is 0 Å². The second-order valence-electron chi connectivity index (χ2n) is 5.56. The topological polar surface area (TPSA) is 73.3 Å². The highest BCUT2D eigenvalue weighted by atomic mass is 16.5. The lowest BCUT2D eigenvalue weighted by molar-refractivity contribution is 0.114. The van der Waals surface area contributed by atoms with Crippen LogP contribution in [0.15, 0.2) is 18.2 Å². The van der Waals surface area contributed by atoms with Crippen LogP contribution in [0.4, 0.5) is 5.69 Å². The highest BCUT2D eigenvalue weighted by Gasteiger charge is 2.21. The van der Waals surface area contributed by atoms with E-state index in [4.69, 9.17) is 10.5 Å². The summed E-state index contributed by atoms with van der Waals surface area (Å²) in [5, 5.41) is 9.87. The molecular formula is C15H21N3O2. The number of anilines is 1. The Morgan fingerprint density at radius 1 is 1.50 bits per heavy atom. The van der Waals surface area contributed by atoms with Crippen LogP contribution in [0.25, 0.3) is 11.0 Å². The maximum atomic E-state index is 9.87. The van der Waals surface area contributed by atoms with Gasteiger partial charge in [-0.3, -0.25) is 0 Å². The van der Waals surface area contributed by atoms with E-state index in [0.717, 1.165) is 23.6 Å². The summed E-state index contributed by atoms with van der Waals surface area (Å²) in [7, 11) is 0. The third-order valence-corrected chi connectivity index (χ3v) is 3.69. The van der Waals surface area contributed by atoms with Crippen LogP contribution in [0, 0.1) is 5.92 Å². The number of fused-ring (bicyclic) bond motifs is 1. The monoisotopic (exact) mass is 275 g/mol. The van der Waals surface area contributed by atoms with Gasteiger partial charge in [-0.05, 0) is 43.9 Å². The SMILES string of the molecule is CC(O)c1nc2cc(N)ccc2n1CCOCC1CC1. The van der Waals surface area contributed by atoms with Crippen LogP contribution in [0.3, 0.4) is 0 Å². The van der Waals surface area contributed by atoms with Gasteiger partial charge in [-0.2, -0.15) is 0 Å². The lowest BCUT2D eigenvalue weighted by Gasteiger charge is -2.11. The number of hydrogen-bond acceptors (Lipinski definition) is 4. The number of nitrogen functional groups attached to an aromatic ring is 1. The van der Waals surface area contributed by atoms with Gasteiger partial charge < -0.3 is 20.1 Å². The largest absolute Gasteiger partial charge is 0.399 e. The van der Waals surface area contributed by atoms with Gasteiger partial charge in [0.25, 0.3) is 0 Å². The van der Waals surface area contributed by atoms with E-state index < -0.39 is 6.10 Å². The summed E-state index contributed by atoms with van der Waals surface area (Å²) in [4.78, 5) is 4.48. The molecule has 108 valence electrons. The first-order valence-corrected chi connectivity index (χ1v) is 7.16. The van der Waals surface area contributed by atoms with Crippen molar-refractivity contribution < 1.29 is 9.84 Å². The van der Waals surface area contributed by atoms with Crippen molar-refractivity contribution in [3.05, 3.63) is 24.0 Å². The average molecular weight is 275 g/mol. The Kier molecular flexibility index (Phi) is 3.63. The Balaban J connectivity index is 1.80. The third kappa shape index (κ3) is 2.78. The van der Waals surface area contributed by atoms with E-state index in [0.29, 0.717) is 24.7 Å². The minimum atomic E-state index is -0.605. The normalized spacial score (nSPS) is 16.7. The van der Waals surface area contributed by atoms with Crippen LogP contribution in [-0.2, 0) is 11.3 Å². The zero-order valence-electron chi connectivity index (χ0n) is 11.7. The van der Waals surface area contributed by atoms with E-state index >= 15 is 0 Å². The maximum absolute atomic E-state index is 9.87. The molecule has 3 rings (SSSR count). The summed E-state index contributed by atoms with van der Waals surface area (Å²) in [5.74, 6) is 1.44. The Bertz CT molecular complexity index is 602. The summed E-state index contributed by atoms with van der Waals surface area (Å²) < 4.78 is 7.70. The zero-order chi connectivity index (χ0) is 14.1. The Morgan fingerprint density at radius 2 is 2.30 bits per heavy atom. The molecule has 1 aliphatic carbocycles. The second kappa shape index (κ2) is 5.42. The van der Waals surface area contributed by atoms with Crippen molar-refractivity contribution in [1.29, 1.82) is 0 Å². The van der Waals surface area contributed by atoms with Gasteiger partial charge in [-0.15, -0.1) is 0 Å². The van der Waals surface area contributed by atoms with Gasteiger partial charge >= 0.3 is 0 Å². The second-order valence-corrected chi connectivity index (χ2v) is 5.56. The first kappa shape index (κ1) is 13.4. The standard InChI is InChI=1S/C15H21N3O2/c1-10(19)15-17-13-8-12(16)4-5-14(13)18(15)6-7-20-9-11-2-3-11/h4-5,8,10-11,19H,2-3,6-7,9,16H2,1H3. The molecule has 1 unspecified atom stereocenters. The molecule has 1 heterocycles. The fourth-order valence-electron chi connectivity index (χ4n) is 2.41. The van der Waals surface area contributed by atoms with Gasteiger partial charge in [0.2, 0.25) is 0 Å². The Hall–Kier alpha value is -1.59. The number of benzene rings is 1. The molecule has 0 bridgehead atoms. The lowest BCUT2D eigenvalue weighted by atomic mass is 10.3. The Morgan fingerprint density at radius 3 is 3.00 bits per heavy atom. The van der Waals surface area contributed by atoms with E-state index in [-0.39, 0.29) is 0 Å². The van der Waals surface area contributed by atoms with Crippen LogP contribution in [-0.4, -0.2) is 27.9 Å². The molecule has 1 aromatic heterocycles. The molecule has 3 N–H and O–H groups in total. The molecule has 0 saturated heterocycles. The van der Waals surface area contributed by atoms with Crippen molar-refractivity contribution in [2.45, 2.75) is 32.4 Å². The summed E-state index contributed by atoms with van der Waals surface area (Å²) in [5.41, 5.74) is 8.28. The molecule has 5 nitrogen and oxygen atoms in total. The zero-order valence-corrected chi connectivity index (χ0v) is 11.7. The molecule has 20 heavy (non-hydrogen) atoms. The fraction of sp³-hybridized carbons (Fsp3) is 0.533. The smallest absolute Gasteiger partial charge is 0.138 e. The highest BCUT2D eigenvalue weighted by Crippen LogP contribution is 2.29. The number of ether oxygens (including phenoxy) is 1. The van der Waals surface area contributed by atoms with Gasteiger partial charge in [-0.1, -0.05) is 0 Å². The summed E-state index contributed by atoms with van der Waals surface area (Å²) in [6.45, 7) is 3.93. The molecule has 2 aromatic rings. The fourth-order valence-corrected chi connectivity index (χ4v) is 2.41. The molecular weight excluding hydrogens is 254 g/mol. The average Bonchev–Trinajstić information content (AvgIpc) is 3.15. The van der Waals surface area contributed by atoms with Gasteiger partial charge in [0, 0.05) is 18.8 Å². The maximum Gasteiger partial charge on any atom is 0.138 e. The van der Waals surface area contributed by atoms with E-state index in [2.05, 4.69) is 4.98 Å². The number of aliphatic hydroxyl groups excluding tert-OH is 1. The quantitative estimate of drug-likeness (QED) is 0.625. The highest BCUT2D eigenvalue weighted by molar-refractivity contribution is 5.79. The molecule has 1 aliphatic rings. The number of imidazole rings is 1. The first-order chi connectivity index (χ1) is 9.65. The van der Waals surface area contributed by atoms with Gasteiger partial charge in [0.05, 0.1) is 17.6 Å². The molecule has 0 radical (unpaired) electrons. The van der Waals surface area contributed by atoms with E-state index in [1.165, 1.54) is 12.8 Å². The number of rotatable bonds is 6. The summed E-state index contributed by atoms with van der Waals surface area (Å²) in [6, 6.07) is 5.64. The molecule has 1 fully saturated rings. The lowest BCUT2D eigenvalue weighted by Crippen LogP contribution is -2.12. The molecule has 5 heteroatoms. The van der Waals surface area contributed by atoms with Crippen molar-refractivity contribution in [1.82, 2.24) is 9.55 Å². The molecule has 0 aliphatic heterocycles. The molecule has 1 atom stereocenters. The van der Waals surface area contributed by atoms with Crippen LogP contribution >= 0.6 is 0 Å². The number of aromatic nitrogens is 2. The first-order valence-electron chi connectivity index (χ1n) is 7.16. The molecule has 1 aromatic carbocycles. The van der Waals surface area contributed by atoms with Crippen molar-refractivity contribution in [3.8, 4) is 0 Å². The number of hydrogen-bond donors (Lipinski definition) is 2. The van der Waals surface area contributed by atoms with Gasteiger partial charge in [-0.25, -0.2) is 4.98 Å². The molecule has 0 amide bonds. The number of nitrogens with two attached hydrogens (primary N) is 1. The number of aliphatic hydroxyl groups is 1. The van der Waals surface area contributed by atoms with E-state index in [9.17, 15) is 5.11 Å². The van der Waals surface area contributed by atoms with E-state index in [1.54, 1.807) is 6.92 Å². The van der Waals surface area contributed by atoms with Crippen LogP contribution in [0.1, 0.15) is 31.7 Å². The van der Waals surface area contributed by atoms with Crippen molar-refractivity contribution in [3.63, 3.8) is 0 Å². The van der Waals surface area contributed by atoms with E-state index in [1.807, 2.05) is 22.8 Å². The van der Waals surface area contributed by atoms with Gasteiger partial charge in [0.1, 0.15) is 11.9 Å². The number of nitrogens with zero attached hydrogens (tertiary/aromatic N) is 2.